The highest BCUT2D eigenvalue weighted by atomic mass is 127. The summed E-state index contributed by atoms with van der Waals surface area (Å²) in [5.74, 6) is -0.330. The fraction of sp³-hybridized carbons (Fsp3) is 0.0714. The van der Waals surface area contributed by atoms with E-state index in [0.717, 1.165) is 10.0 Å². The average Bonchev–Trinajstić information content (AvgIpc) is 2.32. The van der Waals surface area contributed by atoms with Crippen LogP contribution in [0.2, 0.25) is 0 Å². The summed E-state index contributed by atoms with van der Waals surface area (Å²) in [6.07, 6.45) is 0.309. The molecule has 0 aliphatic carbocycles. The zero-order chi connectivity index (χ0) is 13.1. The van der Waals surface area contributed by atoms with Gasteiger partial charge in [0.25, 0.3) is 0 Å². The lowest BCUT2D eigenvalue weighted by atomic mass is 10.0. The van der Waals surface area contributed by atoms with Gasteiger partial charge in [-0.25, -0.2) is 4.39 Å². The summed E-state index contributed by atoms with van der Waals surface area (Å²) >= 11 is 5.39. The summed E-state index contributed by atoms with van der Waals surface area (Å²) < 4.78 is 14.5. The quantitative estimate of drug-likeness (QED) is 0.525. The van der Waals surface area contributed by atoms with Crippen LogP contribution in [0.1, 0.15) is 15.9 Å². The smallest absolute Gasteiger partial charge is 0.168 e. The second-order valence-electron chi connectivity index (χ2n) is 3.82. The number of hydrogen-bond donors (Lipinski definition) is 0. The highest BCUT2D eigenvalue weighted by molar-refractivity contribution is 14.1. The van der Waals surface area contributed by atoms with Crippen LogP contribution in [0.3, 0.4) is 0 Å². The van der Waals surface area contributed by atoms with Gasteiger partial charge < -0.3 is 0 Å². The minimum Gasteiger partial charge on any atom is -0.294 e. The number of rotatable bonds is 3. The number of ketones is 1. The molecule has 0 bridgehead atoms. The van der Waals surface area contributed by atoms with Crippen molar-refractivity contribution >= 4 is 44.3 Å². The van der Waals surface area contributed by atoms with Gasteiger partial charge in [-0.1, -0.05) is 34.1 Å². The Morgan fingerprint density at radius 2 is 1.94 bits per heavy atom. The Kier molecular flexibility index (Phi) is 4.50. The molecule has 0 saturated carbocycles. The molecule has 0 N–H and O–H groups in total. The van der Waals surface area contributed by atoms with Gasteiger partial charge in [0.05, 0.1) is 0 Å². The first-order valence-corrected chi connectivity index (χ1v) is 7.17. The number of carbonyl (C=O) groups is 1. The minimum atomic E-state index is -0.322. The van der Waals surface area contributed by atoms with Crippen LogP contribution in [0, 0.1) is 9.39 Å². The van der Waals surface area contributed by atoms with E-state index in [1.54, 1.807) is 0 Å². The number of carbonyl (C=O) groups excluding carboxylic acids is 1. The van der Waals surface area contributed by atoms with Gasteiger partial charge in [-0.2, -0.15) is 0 Å². The van der Waals surface area contributed by atoms with Gasteiger partial charge in [0.1, 0.15) is 5.82 Å². The molecule has 1 nitrogen and oxygen atoms in total. The molecule has 2 aromatic rings. The molecule has 0 amide bonds. The fourth-order valence-electron chi connectivity index (χ4n) is 1.63. The third kappa shape index (κ3) is 3.17. The van der Waals surface area contributed by atoms with Crippen molar-refractivity contribution in [3.63, 3.8) is 0 Å². The van der Waals surface area contributed by atoms with E-state index in [-0.39, 0.29) is 11.6 Å². The van der Waals surface area contributed by atoms with Crippen LogP contribution in [-0.4, -0.2) is 5.78 Å². The van der Waals surface area contributed by atoms with Crippen LogP contribution < -0.4 is 0 Å². The Balaban J connectivity index is 2.25. The molecule has 0 aliphatic rings. The van der Waals surface area contributed by atoms with Crippen LogP contribution in [0.25, 0.3) is 0 Å². The first-order valence-electron chi connectivity index (χ1n) is 5.29. The number of Topliss-reactive ketones (excluding diaryl/α,β-unsaturated/α-hetero) is 1. The third-order valence-electron chi connectivity index (χ3n) is 2.54. The molecule has 4 heteroatoms. The van der Waals surface area contributed by atoms with Crippen molar-refractivity contribution in [1.29, 1.82) is 0 Å². The second-order valence-corrected chi connectivity index (χ2v) is 5.83. The molecule has 0 atom stereocenters. The van der Waals surface area contributed by atoms with E-state index in [1.165, 1.54) is 18.2 Å². The summed E-state index contributed by atoms with van der Waals surface area (Å²) in [6.45, 7) is 0. The molecule has 0 unspecified atom stereocenters. The average molecular weight is 419 g/mol. The van der Waals surface area contributed by atoms with Gasteiger partial charge in [-0.3, -0.25) is 4.79 Å². The normalized spacial score (nSPS) is 10.4. The zero-order valence-corrected chi connectivity index (χ0v) is 13.0. The lowest BCUT2D eigenvalue weighted by molar-refractivity contribution is 0.0992. The van der Waals surface area contributed by atoms with Gasteiger partial charge in [0.2, 0.25) is 0 Å². The molecule has 18 heavy (non-hydrogen) atoms. The maximum absolute atomic E-state index is 13.0. The van der Waals surface area contributed by atoms with Gasteiger partial charge in [-0.05, 0) is 52.4 Å². The van der Waals surface area contributed by atoms with Crippen molar-refractivity contribution in [2.24, 2.45) is 0 Å². The molecular formula is C14H9BrFIO. The maximum Gasteiger partial charge on any atom is 0.168 e. The predicted octanol–water partition coefficient (Wildman–Crippen LogP) is 4.62. The molecule has 0 aromatic heterocycles. The van der Waals surface area contributed by atoms with E-state index in [0.29, 0.717) is 15.6 Å². The van der Waals surface area contributed by atoms with Gasteiger partial charge in [-0.15, -0.1) is 0 Å². The topological polar surface area (TPSA) is 17.1 Å². The minimum absolute atomic E-state index is 0.00806. The van der Waals surface area contributed by atoms with Gasteiger partial charge in [0.15, 0.2) is 5.78 Å². The summed E-state index contributed by atoms with van der Waals surface area (Å²) in [4.78, 5) is 12.2. The highest BCUT2D eigenvalue weighted by Crippen LogP contribution is 2.20. The highest BCUT2D eigenvalue weighted by Gasteiger charge is 2.12. The van der Waals surface area contributed by atoms with Crippen molar-refractivity contribution < 1.29 is 9.18 Å². The second kappa shape index (κ2) is 5.93. The first-order chi connectivity index (χ1) is 8.58. The Hall–Kier alpha value is -0.750. The van der Waals surface area contributed by atoms with E-state index in [9.17, 15) is 9.18 Å². The van der Waals surface area contributed by atoms with E-state index in [2.05, 4.69) is 15.9 Å². The molecular weight excluding hydrogens is 410 g/mol. The van der Waals surface area contributed by atoms with E-state index < -0.39 is 0 Å². The molecule has 0 spiro atoms. The molecule has 2 aromatic carbocycles. The Labute approximate surface area is 127 Å². The molecule has 92 valence electrons. The SMILES string of the molecule is O=C(Cc1ccccc1Br)c1ccc(F)cc1I. The maximum atomic E-state index is 13.0. The summed E-state index contributed by atoms with van der Waals surface area (Å²) in [5.41, 5.74) is 1.50. The molecule has 0 saturated heterocycles. The predicted molar refractivity (Wildman–Crippen MR) is 81.3 cm³/mol. The van der Waals surface area contributed by atoms with E-state index in [4.69, 9.17) is 0 Å². The van der Waals surface area contributed by atoms with Crippen molar-refractivity contribution in [3.8, 4) is 0 Å². The van der Waals surface area contributed by atoms with Gasteiger partial charge in [0, 0.05) is 20.0 Å². The zero-order valence-electron chi connectivity index (χ0n) is 9.29. The number of halogens is 3. The fourth-order valence-corrected chi connectivity index (χ4v) is 2.83. The Morgan fingerprint density at radius 1 is 1.22 bits per heavy atom. The van der Waals surface area contributed by atoms with Crippen LogP contribution >= 0.6 is 38.5 Å². The Bertz CT molecular complexity index is 598. The monoisotopic (exact) mass is 418 g/mol. The van der Waals surface area contributed by atoms with Crippen molar-refractivity contribution in [2.45, 2.75) is 6.42 Å². The summed E-state index contributed by atoms with van der Waals surface area (Å²) in [5, 5.41) is 0. The molecule has 0 fully saturated rings. The Morgan fingerprint density at radius 3 is 2.61 bits per heavy atom. The van der Waals surface area contributed by atoms with Gasteiger partial charge >= 0.3 is 0 Å². The molecule has 2 rings (SSSR count). The van der Waals surface area contributed by atoms with Crippen LogP contribution in [0.15, 0.2) is 46.9 Å². The van der Waals surface area contributed by atoms with E-state index in [1.807, 2.05) is 46.9 Å². The first kappa shape index (κ1) is 13.7. The number of hydrogen-bond acceptors (Lipinski definition) is 1. The largest absolute Gasteiger partial charge is 0.294 e. The summed E-state index contributed by atoms with van der Waals surface area (Å²) in [7, 11) is 0. The van der Waals surface area contributed by atoms with Crippen molar-refractivity contribution in [2.75, 3.05) is 0 Å². The number of benzene rings is 2. The van der Waals surface area contributed by atoms with Crippen molar-refractivity contribution in [1.82, 2.24) is 0 Å². The van der Waals surface area contributed by atoms with Crippen LogP contribution in [0.4, 0.5) is 4.39 Å². The molecule has 0 heterocycles. The van der Waals surface area contributed by atoms with E-state index >= 15 is 0 Å². The summed E-state index contributed by atoms with van der Waals surface area (Å²) in [6, 6.07) is 11.8. The van der Waals surface area contributed by atoms with Crippen molar-refractivity contribution in [3.05, 3.63) is 67.5 Å². The van der Waals surface area contributed by atoms with Crippen LogP contribution in [-0.2, 0) is 6.42 Å². The standard InChI is InChI=1S/C14H9BrFIO/c15-12-4-2-1-3-9(12)7-14(18)11-6-5-10(16)8-13(11)17/h1-6,8H,7H2. The molecule has 0 aliphatic heterocycles. The lowest BCUT2D eigenvalue weighted by Gasteiger charge is -2.06. The van der Waals surface area contributed by atoms with Crippen LogP contribution in [0.5, 0.6) is 0 Å². The lowest BCUT2D eigenvalue weighted by Crippen LogP contribution is -2.06. The molecule has 0 radical (unpaired) electrons. The third-order valence-corrected chi connectivity index (χ3v) is 4.21.